The highest BCUT2D eigenvalue weighted by Crippen LogP contribution is 2.00. The summed E-state index contributed by atoms with van der Waals surface area (Å²) < 4.78 is 0. The van der Waals surface area contributed by atoms with E-state index < -0.39 is 0 Å². The molecule has 0 saturated heterocycles. The maximum absolute atomic E-state index is 5.53. The average molecular weight is 228 g/mol. The van der Waals surface area contributed by atoms with Crippen LogP contribution < -0.4 is 0 Å². The average Bonchev–Trinajstić information content (AvgIpc) is 2.33. The Hall–Kier alpha value is -0.530. The molecule has 1 aromatic rings. The predicted octanol–water partition coefficient (Wildman–Crippen LogP) is 3.77. The Kier molecular flexibility index (Phi) is 9.65. The molecule has 0 aliphatic heterocycles. The smallest absolute Gasteiger partial charge is 0.0474 e. The van der Waals surface area contributed by atoms with Gasteiger partial charge < -0.3 is 4.90 Å². The van der Waals surface area contributed by atoms with Crippen LogP contribution >= 0.6 is 11.6 Å². The van der Waals surface area contributed by atoms with Crippen LogP contribution in [0.5, 0.6) is 0 Å². The topological polar surface area (TPSA) is 3.24 Å². The number of hydrogen-bond acceptors (Lipinski definition) is 1. The molecule has 0 heterocycles. The van der Waals surface area contributed by atoms with Crippen LogP contribution in [-0.2, 0) is 5.88 Å². The SMILES string of the molecule is CCN(CC)CC.ClCc1ccccc1. The van der Waals surface area contributed by atoms with E-state index in [-0.39, 0.29) is 0 Å². The minimum Gasteiger partial charge on any atom is -0.304 e. The Balaban J connectivity index is 0.000000265. The summed E-state index contributed by atoms with van der Waals surface area (Å²) in [4.78, 5) is 2.38. The fourth-order valence-corrected chi connectivity index (χ4v) is 1.42. The highest BCUT2D eigenvalue weighted by Gasteiger charge is 1.89. The second-order valence-electron chi connectivity index (χ2n) is 3.24. The van der Waals surface area contributed by atoms with Crippen molar-refractivity contribution in [2.75, 3.05) is 19.6 Å². The summed E-state index contributed by atoms with van der Waals surface area (Å²) in [6.45, 7) is 10.1. The third kappa shape index (κ3) is 7.40. The molecule has 0 saturated carbocycles. The van der Waals surface area contributed by atoms with Crippen LogP contribution in [0.2, 0.25) is 0 Å². The summed E-state index contributed by atoms with van der Waals surface area (Å²) in [7, 11) is 0. The van der Waals surface area contributed by atoms with Gasteiger partial charge in [0.25, 0.3) is 0 Å². The van der Waals surface area contributed by atoms with Crippen molar-refractivity contribution in [1.82, 2.24) is 4.90 Å². The van der Waals surface area contributed by atoms with Gasteiger partial charge in [-0.25, -0.2) is 0 Å². The van der Waals surface area contributed by atoms with Gasteiger partial charge >= 0.3 is 0 Å². The Morgan fingerprint density at radius 3 is 1.60 bits per heavy atom. The molecule has 2 heteroatoms. The standard InChI is InChI=1S/C7H7Cl.C6H15N/c8-6-7-4-2-1-3-5-7;1-4-7(5-2)6-3/h1-5H,6H2;4-6H2,1-3H3. The molecule has 0 aliphatic rings. The Morgan fingerprint density at radius 1 is 0.933 bits per heavy atom. The van der Waals surface area contributed by atoms with Crippen LogP contribution in [0, 0.1) is 0 Å². The van der Waals surface area contributed by atoms with Gasteiger partial charge in [0.1, 0.15) is 0 Å². The number of rotatable bonds is 4. The van der Waals surface area contributed by atoms with Crippen molar-refractivity contribution < 1.29 is 0 Å². The molecular formula is C13H22ClN. The van der Waals surface area contributed by atoms with Crippen LogP contribution in [0.25, 0.3) is 0 Å². The van der Waals surface area contributed by atoms with E-state index in [1.807, 2.05) is 30.3 Å². The molecule has 0 fully saturated rings. The zero-order valence-corrected chi connectivity index (χ0v) is 10.8. The van der Waals surface area contributed by atoms with Gasteiger partial charge in [0.05, 0.1) is 0 Å². The summed E-state index contributed by atoms with van der Waals surface area (Å²) >= 11 is 5.53. The first-order valence-electron chi connectivity index (χ1n) is 5.60. The minimum absolute atomic E-state index is 0.612. The number of alkyl halides is 1. The highest BCUT2D eigenvalue weighted by atomic mass is 35.5. The molecule has 0 radical (unpaired) electrons. The summed E-state index contributed by atoms with van der Waals surface area (Å²) in [5, 5.41) is 0. The van der Waals surface area contributed by atoms with Crippen LogP contribution in [0.4, 0.5) is 0 Å². The molecule has 0 atom stereocenters. The van der Waals surface area contributed by atoms with Gasteiger partial charge in [0.2, 0.25) is 0 Å². The largest absolute Gasteiger partial charge is 0.304 e. The van der Waals surface area contributed by atoms with Gasteiger partial charge in [0, 0.05) is 5.88 Å². The maximum atomic E-state index is 5.53. The molecule has 1 rings (SSSR count). The molecule has 0 bridgehead atoms. The minimum atomic E-state index is 0.612. The Bertz CT molecular complexity index is 214. The molecule has 0 spiro atoms. The Labute approximate surface area is 99.1 Å². The lowest BCUT2D eigenvalue weighted by molar-refractivity contribution is 0.321. The fourth-order valence-electron chi connectivity index (χ4n) is 1.24. The molecule has 86 valence electrons. The number of halogens is 1. The van der Waals surface area contributed by atoms with E-state index in [1.54, 1.807) is 0 Å². The summed E-state index contributed by atoms with van der Waals surface area (Å²) in [6.07, 6.45) is 0. The second kappa shape index (κ2) is 10.0. The van der Waals surface area contributed by atoms with Crippen LogP contribution in [0.15, 0.2) is 30.3 Å². The number of nitrogens with zero attached hydrogens (tertiary/aromatic N) is 1. The predicted molar refractivity (Wildman–Crippen MR) is 69.5 cm³/mol. The first kappa shape index (κ1) is 14.5. The van der Waals surface area contributed by atoms with Gasteiger partial charge in [-0.15, -0.1) is 11.6 Å². The molecule has 0 unspecified atom stereocenters. The van der Waals surface area contributed by atoms with Crippen molar-refractivity contribution in [1.29, 1.82) is 0 Å². The monoisotopic (exact) mass is 227 g/mol. The normalized spacial score (nSPS) is 9.67. The van der Waals surface area contributed by atoms with E-state index in [4.69, 9.17) is 11.6 Å². The van der Waals surface area contributed by atoms with E-state index >= 15 is 0 Å². The number of benzene rings is 1. The molecule has 1 nitrogen and oxygen atoms in total. The number of hydrogen-bond donors (Lipinski definition) is 0. The van der Waals surface area contributed by atoms with Crippen LogP contribution in [-0.4, -0.2) is 24.5 Å². The lowest BCUT2D eigenvalue weighted by atomic mass is 10.2. The lowest BCUT2D eigenvalue weighted by Crippen LogP contribution is -2.21. The van der Waals surface area contributed by atoms with Crippen LogP contribution in [0.3, 0.4) is 0 Å². The molecule has 1 aromatic carbocycles. The van der Waals surface area contributed by atoms with E-state index in [0.717, 1.165) is 0 Å². The zero-order chi connectivity index (χ0) is 11.5. The third-order valence-corrected chi connectivity index (χ3v) is 2.65. The molecule has 0 N–H and O–H groups in total. The summed E-state index contributed by atoms with van der Waals surface area (Å²) in [5.74, 6) is 0.612. The highest BCUT2D eigenvalue weighted by molar-refractivity contribution is 6.17. The molecule has 0 amide bonds. The van der Waals surface area contributed by atoms with Gasteiger partial charge in [-0.3, -0.25) is 0 Å². The van der Waals surface area contributed by atoms with Crippen molar-refractivity contribution in [3.05, 3.63) is 35.9 Å². The lowest BCUT2D eigenvalue weighted by Gasteiger charge is -2.13. The van der Waals surface area contributed by atoms with Crippen molar-refractivity contribution in [3.8, 4) is 0 Å². The first-order valence-corrected chi connectivity index (χ1v) is 6.14. The fraction of sp³-hybridized carbons (Fsp3) is 0.538. The van der Waals surface area contributed by atoms with Gasteiger partial charge in [-0.1, -0.05) is 51.1 Å². The summed E-state index contributed by atoms with van der Waals surface area (Å²) in [5.41, 5.74) is 1.18. The maximum Gasteiger partial charge on any atom is 0.0474 e. The molecule has 0 aromatic heterocycles. The third-order valence-electron chi connectivity index (χ3n) is 2.34. The van der Waals surface area contributed by atoms with E-state index in [9.17, 15) is 0 Å². The van der Waals surface area contributed by atoms with E-state index in [0.29, 0.717) is 5.88 Å². The van der Waals surface area contributed by atoms with Crippen molar-refractivity contribution in [3.63, 3.8) is 0 Å². The summed E-state index contributed by atoms with van der Waals surface area (Å²) in [6, 6.07) is 9.96. The van der Waals surface area contributed by atoms with Crippen molar-refractivity contribution in [2.24, 2.45) is 0 Å². The van der Waals surface area contributed by atoms with Crippen LogP contribution in [0.1, 0.15) is 26.3 Å². The second-order valence-corrected chi connectivity index (χ2v) is 3.51. The molecule has 0 aliphatic carbocycles. The Morgan fingerprint density at radius 2 is 1.40 bits per heavy atom. The van der Waals surface area contributed by atoms with Crippen molar-refractivity contribution >= 4 is 11.6 Å². The quantitative estimate of drug-likeness (QED) is 0.708. The molecule has 15 heavy (non-hydrogen) atoms. The molecular weight excluding hydrogens is 206 g/mol. The first-order chi connectivity index (χ1) is 7.28. The van der Waals surface area contributed by atoms with Gasteiger partial charge in [0.15, 0.2) is 0 Å². The van der Waals surface area contributed by atoms with E-state index in [1.165, 1.54) is 25.2 Å². The van der Waals surface area contributed by atoms with Crippen molar-refractivity contribution in [2.45, 2.75) is 26.7 Å². The zero-order valence-electron chi connectivity index (χ0n) is 10.0. The van der Waals surface area contributed by atoms with Gasteiger partial charge in [-0.2, -0.15) is 0 Å². The van der Waals surface area contributed by atoms with E-state index in [2.05, 4.69) is 25.7 Å². The van der Waals surface area contributed by atoms with Gasteiger partial charge in [-0.05, 0) is 25.2 Å².